The number of aryl methyl sites for hydroxylation is 1. The SMILES string of the molecule is CC(C)(C)c1cc(CCN)cc(CCCCN)c1. The van der Waals surface area contributed by atoms with E-state index < -0.39 is 0 Å². The van der Waals surface area contributed by atoms with E-state index in [0.29, 0.717) is 0 Å². The van der Waals surface area contributed by atoms with Crippen molar-refractivity contribution in [2.45, 2.75) is 51.9 Å². The van der Waals surface area contributed by atoms with Crippen molar-refractivity contribution in [1.29, 1.82) is 0 Å². The van der Waals surface area contributed by atoms with Crippen LogP contribution < -0.4 is 11.5 Å². The number of benzene rings is 1. The van der Waals surface area contributed by atoms with Crippen LogP contribution in [-0.2, 0) is 18.3 Å². The first kappa shape index (κ1) is 15.2. The highest BCUT2D eigenvalue weighted by Crippen LogP contribution is 2.25. The van der Waals surface area contributed by atoms with Gasteiger partial charge in [0.15, 0.2) is 0 Å². The number of rotatable bonds is 6. The third kappa shape index (κ3) is 4.79. The summed E-state index contributed by atoms with van der Waals surface area (Å²) in [5, 5.41) is 0. The van der Waals surface area contributed by atoms with E-state index in [4.69, 9.17) is 11.5 Å². The summed E-state index contributed by atoms with van der Waals surface area (Å²) in [6.45, 7) is 8.29. The summed E-state index contributed by atoms with van der Waals surface area (Å²) in [6, 6.07) is 6.95. The number of hydrogen-bond acceptors (Lipinski definition) is 2. The van der Waals surface area contributed by atoms with Gasteiger partial charge in [-0.1, -0.05) is 39.0 Å². The van der Waals surface area contributed by atoms with Crippen LogP contribution in [-0.4, -0.2) is 13.1 Å². The summed E-state index contributed by atoms with van der Waals surface area (Å²) in [5.74, 6) is 0. The van der Waals surface area contributed by atoms with Crippen LogP contribution >= 0.6 is 0 Å². The molecule has 0 saturated heterocycles. The predicted molar refractivity (Wildman–Crippen MR) is 79.9 cm³/mol. The van der Waals surface area contributed by atoms with Gasteiger partial charge < -0.3 is 11.5 Å². The molecule has 1 aromatic carbocycles. The van der Waals surface area contributed by atoms with E-state index >= 15 is 0 Å². The van der Waals surface area contributed by atoms with Crippen molar-refractivity contribution in [3.05, 3.63) is 34.9 Å². The molecule has 0 aliphatic carbocycles. The van der Waals surface area contributed by atoms with Crippen LogP contribution in [0.5, 0.6) is 0 Å². The average molecular weight is 248 g/mol. The van der Waals surface area contributed by atoms with Crippen molar-refractivity contribution >= 4 is 0 Å². The Morgan fingerprint density at radius 1 is 0.833 bits per heavy atom. The molecule has 2 nitrogen and oxygen atoms in total. The van der Waals surface area contributed by atoms with Crippen LogP contribution in [0.3, 0.4) is 0 Å². The monoisotopic (exact) mass is 248 g/mol. The fourth-order valence-electron chi connectivity index (χ4n) is 2.12. The van der Waals surface area contributed by atoms with E-state index in [-0.39, 0.29) is 5.41 Å². The first-order valence-corrected chi connectivity index (χ1v) is 7.01. The maximum absolute atomic E-state index is 5.67. The number of hydrogen-bond donors (Lipinski definition) is 2. The van der Waals surface area contributed by atoms with Gasteiger partial charge >= 0.3 is 0 Å². The van der Waals surface area contributed by atoms with E-state index in [1.54, 1.807) is 0 Å². The summed E-state index contributed by atoms with van der Waals surface area (Å²) in [6.07, 6.45) is 4.37. The molecular formula is C16H28N2. The molecule has 0 bridgehead atoms. The molecular weight excluding hydrogens is 220 g/mol. The Kier molecular flexibility index (Phi) is 5.83. The van der Waals surface area contributed by atoms with Crippen LogP contribution in [0.15, 0.2) is 18.2 Å². The quantitative estimate of drug-likeness (QED) is 0.761. The standard InChI is InChI=1S/C16H28N2/c1-16(2,3)15-11-13(6-4-5-8-17)10-14(12-15)7-9-18/h10-12H,4-9,17-18H2,1-3H3. The first-order valence-electron chi connectivity index (χ1n) is 7.01. The second-order valence-corrected chi connectivity index (χ2v) is 6.07. The Hall–Kier alpha value is -0.860. The lowest BCUT2D eigenvalue weighted by Crippen LogP contribution is -2.13. The molecule has 1 aromatic rings. The second-order valence-electron chi connectivity index (χ2n) is 6.07. The average Bonchev–Trinajstić information content (AvgIpc) is 2.28. The maximum Gasteiger partial charge on any atom is -0.00367 e. The van der Waals surface area contributed by atoms with Gasteiger partial charge in [-0.15, -0.1) is 0 Å². The molecule has 18 heavy (non-hydrogen) atoms. The van der Waals surface area contributed by atoms with E-state index in [2.05, 4.69) is 39.0 Å². The zero-order chi connectivity index (χ0) is 13.6. The highest BCUT2D eigenvalue weighted by molar-refractivity contribution is 5.34. The topological polar surface area (TPSA) is 52.0 Å². The normalized spacial score (nSPS) is 11.8. The Morgan fingerprint density at radius 3 is 1.94 bits per heavy atom. The molecule has 0 fully saturated rings. The summed E-state index contributed by atoms with van der Waals surface area (Å²) in [4.78, 5) is 0. The summed E-state index contributed by atoms with van der Waals surface area (Å²) in [7, 11) is 0. The molecule has 0 aromatic heterocycles. The molecule has 0 aliphatic heterocycles. The fourth-order valence-corrected chi connectivity index (χ4v) is 2.12. The minimum absolute atomic E-state index is 0.202. The van der Waals surface area contributed by atoms with Gasteiger partial charge in [-0.3, -0.25) is 0 Å². The fraction of sp³-hybridized carbons (Fsp3) is 0.625. The lowest BCUT2D eigenvalue weighted by molar-refractivity contribution is 0.587. The molecule has 0 radical (unpaired) electrons. The summed E-state index contributed by atoms with van der Waals surface area (Å²) < 4.78 is 0. The van der Waals surface area contributed by atoms with Crippen molar-refractivity contribution < 1.29 is 0 Å². The summed E-state index contributed by atoms with van der Waals surface area (Å²) >= 11 is 0. The third-order valence-corrected chi connectivity index (χ3v) is 3.27. The van der Waals surface area contributed by atoms with Crippen molar-refractivity contribution in [3.63, 3.8) is 0 Å². The molecule has 0 unspecified atom stereocenters. The van der Waals surface area contributed by atoms with Crippen LogP contribution in [0.25, 0.3) is 0 Å². The van der Waals surface area contributed by atoms with Crippen LogP contribution in [0.1, 0.15) is 50.3 Å². The lowest BCUT2D eigenvalue weighted by atomic mass is 9.84. The molecule has 0 amide bonds. The Bertz CT molecular complexity index is 364. The van der Waals surface area contributed by atoms with Crippen molar-refractivity contribution in [2.75, 3.05) is 13.1 Å². The van der Waals surface area contributed by atoms with Gasteiger partial charge in [-0.05, 0) is 60.9 Å². The van der Waals surface area contributed by atoms with Gasteiger partial charge in [0.2, 0.25) is 0 Å². The molecule has 4 N–H and O–H groups in total. The number of unbranched alkanes of at least 4 members (excludes halogenated alkanes) is 1. The van der Waals surface area contributed by atoms with Crippen molar-refractivity contribution in [2.24, 2.45) is 11.5 Å². The molecule has 0 spiro atoms. The van der Waals surface area contributed by atoms with Gasteiger partial charge in [-0.25, -0.2) is 0 Å². The predicted octanol–water partition coefficient (Wildman–Crippen LogP) is 2.77. The van der Waals surface area contributed by atoms with E-state index in [1.165, 1.54) is 23.1 Å². The molecule has 0 saturated carbocycles. The minimum Gasteiger partial charge on any atom is -0.330 e. The van der Waals surface area contributed by atoms with Crippen molar-refractivity contribution in [1.82, 2.24) is 0 Å². The van der Waals surface area contributed by atoms with E-state index in [0.717, 1.165) is 32.4 Å². The number of nitrogens with two attached hydrogens (primary N) is 2. The molecule has 1 rings (SSSR count). The van der Waals surface area contributed by atoms with Gasteiger partial charge in [-0.2, -0.15) is 0 Å². The van der Waals surface area contributed by atoms with Crippen LogP contribution in [0, 0.1) is 0 Å². The van der Waals surface area contributed by atoms with E-state index in [1.807, 2.05) is 0 Å². The zero-order valence-electron chi connectivity index (χ0n) is 12.1. The summed E-state index contributed by atoms with van der Waals surface area (Å²) in [5.41, 5.74) is 15.6. The first-order chi connectivity index (χ1) is 8.47. The van der Waals surface area contributed by atoms with Gasteiger partial charge in [0.1, 0.15) is 0 Å². The minimum atomic E-state index is 0.202. The lowest BCUT2D eigenvalue weighted by Gasteiger charge is -2.21. The Balaban J connectivity index is 2.91. The van der Waals surface area contributed by atoms with Crippen LogP contribution in [0.2, 0.25) is 0 Å². The third-order valence-electron chi connectivity index (χ3n) is 3.27. The molecule has 0 heterocycles. The smallest absolute Gasteiger partial charge is 0.00367 e. The van der Waals surface area contributed by atoms with Crippen LogP contribution in [0.4, 0.5) is 0 Å². The highest BCUT2D eigenvalue weighted by atomic mass is 14.5. The second kappa shape index (κ2) is 6.91. The molecule has 0 atom stereocenters. The highest BCUT2D eigenvalue weighted by Gasteiger charge is 2.15. The van der Waals surface area contributed by atoms with Gasteiger partial charge in [0.25, 0.3) is 0 Å². The molecule has 102 valence electrons. The molecule has 2 heteroatoms. The van der Waals surface area contributed by atoms with Gasteiger partial charge in [0.05, 0.1) is 0 Å². The Morgan fingerprint density at radius 2 is 1.44 bits per heavy atom. The maximum atomic E-state index is 5.67. The van der Waals surface area contributed by atoms with Gasteiger partial charge in [0, 0.05) is 0 Å². The van der Waals surface area contributed by atoms with E-state index in [9.17, 15) is 0 Å². The van der Waals surface area contributed by atoms with Crippen molar-refractivity contribution in [3.8, 4) is 0 Å². The largest absolute Gasteiger partial charge is 0.330 e. The zero-order valence-corrected chi connectivity index (χ0v) is 12.1. The Labute approximate surface area is 112 Å². The molecule has 0 aliphatic rings.